The molecule has 9 heteroatoms. The largest absolute Gasteiger partial charge is 0.501 e. The second kappa shape index (κ2) is 7.12. The van der Waals surface area contributed by atoms with Gasteiger partial charge in [0, 0.05) is 17.5 Å². The van der Waals surface area contributed by atoms with Gasteiger partial charge in [-0.05, 0) is 43.7 Å². The van der Waals surface area contributed by atoms with Crippen LogP contribution in [-0.2, 0) is 9.84 Å². The van der Waals surface area contributed by atoms with Crippen LogP contribution in [0.25, 0.3) is 0 Å². The standard InChI is InChI=1S/C19H18F3NO4S/c1-11-9-12(2)17-15(10-11)16(7-8-27-17)23-18(24)13-3-5-14(6-4-13)28(25,26)19(20,21)22/h3-6,9-10,16H,7-8H2,1-2H3,(H,23,24). The number of hydrogen-bond donors (Lipinski definition) is 1. The van der Waals surface area contributed by atoms with Gasteiger partial charge >= 0.3 is 5.51 Å². The molecule has 0 bridgehead atoms. The van der Waals surface area contributed by atoms with Gasteiger partial charge in [-0.1, -0.05) is 17.7 Å². The zero-order valence-corrected chi connectivity index (χ0v) is 15.9. The molecule has 5 nitrogen and oxygen atoms in total. The highest BCUT2D eigenvalue weighted by molar-refractivity contribution is 7.92. The van der Waals surface area contributed by atoms with Crippen LogP contribution in [0.2, 0.25) is 0 Å². The lowest BCUT2D eigenvalue weighted by atomic mass is 9.95. The van der Waals surface area contributed by atoms with Crippen molar-refractivity contribution in [1.82, 2.24) is 5.32 Å². The molecule has 0 aromatic heterocycles. The topological polar surface area (TPSA) is 72.5 Å². The molecule has 1 amide bonds. The van der Waals surface area contributed by atoms with Crippen molar-refractivity contribution in [2.24, 2.45) is 0 Å². The number of halogens is 3. The number of benzene rings is 2. The number of ether oxygens (including phenoxy) is 1. The summed E-state index contributed by atoms with van der Waals surface area (Å²) in [6, 6.07) is 7.28. The Morgan fingerprint density at radius 1 is 1.14 bits per heavy atom. The van der Waals surface area contributed by atoms with Crippen LogP contribution >= 0.6 is 0 Å². The number of rotatable bonds is 3. The summed E-state index contributed by atoms with van der Waals surface area (Å²) in [4.78, 5) is 11.6. The van der Waals surface area contributed by atoms with Crippen LogP contribution in [0.1, 0.15) is 39.5 Å². The molecule has 0 saturated carbocycles. The third-order valence-corrected chi connectivity index (χ3v) is 6.02. The molecule has 1 atom stereocenters. The summed E-state index contributed by atoms with van der Waals surface area (Å²) in [6.07, 6.45) is 0.544. The molecule has 150 valence electrons. The first-order chi connectivity index (χ1) is 13.0. The normalized spacial score (nSPS) is 16.8. The molecule has 1 aliphatic rings. The Morgan fingerprint density at radius 3 is 2.39 bits per heavy atom. The van der Waals surface area contributed by atoms with E-state index in [4.69, 9.17) is 4.74 Å². The highest BCUT2D eigenvalue weighted by Crippen LogP contribution is 2.36. The molecule has 0 aliphatic carbocycles. The number of alkyl halides is 3. The van der Waals surface area contributed by atoms with Crippen molar-refractivity contribution in [2.75, 3.05) is 6.61 Å². The van der Waals surface area contributed by atoms with Gasteiger partial charge in [-0.25, -0.2) is 8.42 Å². The predicted molar refractivity (Wildman–Crippen MR) is 95.9 cm³/mol. The van der Waals surface area contributed by atoms with Crippen molar-refractivity contribution in [3.63, 3.8) is 0 Å². The summed E-state index contributed by atoms with van der Waals surface area (Å²) in [5, 5.41) is 2.84. The molecule has 1 aliphatic heterocycles. The number of carbonyl (C=O) groups excluding carboxylic acids is 1. The fraction of sp³-hybridized carbons (Fsp3) is 0.316. The van der Waals surface area contributed by atoms with E-state index in [-0.39, 0.29) is 11.6 Å². The van der Waals surface area contributed by atoms with Gasteiger partial charge in [0.2, 0.25) is 0 Å². The fourth-order valence-electron chi connectivity index (χ4n) is 3.19. The number of sulfone groups is 1. The molecular formula is C19H18F3NO4S. The lowest BCUT2D eigenvalue weighted by Crippen LogP contribution is -2.32. The van der Waals surface area contributed by atoms with Crippen LogP contribution in [0.15, 0.2) is 41.3 Å². The molecule has 2 aromatic rings. The molecular weight excluding hydrogens is 395 g/mol. The highest BCUT2D eigenvalue weighted by atomic mass is 32.2. The number of aryl methyl sites for hydroxylation is 2. The van der Waals surface area contributed by atoms with E-state index in [9.17, 15) is 26.4 Å². The molecule has 1 heterocycles. The third-order valence-electron chi connectivity index (χ3n) is 4.51. The van der Waals surface area contributed by atoms with Crippen molar-refractivity contribution in [2.45, 2.75) is 36.7 Å². The van der Waals surface area contributed by atoms with E-state index in [2.05, 4.69) is 5.32 Å². The fourth-order valence-corrected chi connectivity index (χ4v) is 3.95. The highest BCUT2D eigenvalue weighted by Gasteiger charge is 2.46. The maximum Gasteiger partial charge on any atom is 0.501 e. The van der Waals surface area contributed by atoms with E-state index in [0.29, 0.717) is 18.8 Å². The van der Waals surface area contributed by atoms with Crippen molar-refractivity contribution in [3.05, 3.63) is 58.7 Å². The summed E-state index contributed by atoms with van der Waals surface area (Å²) >= 11 is 0. The number of hydrogen-bond acceptors (Lipinski definition) is 4. The molecule has 0 saturated heterocycles. The molecule has 2 aromatic carbocycles. The number of nitrogens with one attached hydrogen (secondary N) is 1. The van der Waals surface area contributed by atoms with Crippen molar-refractivity contribution < 1.29 is 31.1 Å². The quantitative estimate of drug-likeness (QED) is 0.830. The SMILES string of the molecule is Cc1cc(C)c2c(c1)C(NC(=O)c1ccc(S(=O)(=O)C(F)(F)F)cc1)CCO2. The van der Waals surface area contributed by atoms with Crippen molar-refractivity contribution >= 4 is 15.7 Å². The van der Waals surface area contributed by atoms with Gasteiger partial charge < -0.3 is 10.1 Å². The van der Waals surface area contributed by atoms with Crippen LogP contribution in [0, 0.1) is 13.8 Å². The zero-order valence-electron chi connectivity index (χ0n) is 15.1. The smallest absolute Gasteiger partial charge is 0.493 e. The average Bonchev–Trinajstić information content (AvgIpc) is 2.61. The van der Waals surface area contributed by atoms with E-state index >= 15 is 0 Å². The molecule has 0 fully saturated rings. The van der Waals surface area contributed by atoms with Gasteiger partial charge in [0.1, 0.15) is 5.75 Å². The Bertz CT molecular complexity index is 1010. The minimum Gasteiger partial charge on any atom is -0.493 e. The first-order valence-corrected chi connectivity index (χ1v) is 9.95. The minimum atomic E-state index is -5.44. The summed E-state index contributed by atoms with van der Waals surface area (Å²) in [5.41, 5.74) is -2.51. The number of fused-ring (bicyclic) bond motifs is 1. The lowest BCUT2D eigenvalue weighted by Gasteiger charge is -2.28. The van der Waals surface area contributed by atoms with Crippen LogP contribution < -0.4 is 10.1 Å². The molecule has 3 rings (SSSR count). The molecule has 1 unspecified atom stereocenters. The first kappa shape index (κ1) is 20.2. The first-order valence-electron chi connectivity index (χ1n) is 8.47. The van der Waals surface area contributed by atoms with Gasteiger partial charge in [-0.15, -0.1) is 0 Å². The molecule has 0 spiro atoms. The van der Waals surface area contributed by atoms with Gasteiger partial charge in [-0.3, -0.25) is 4.79 Å². The lowest BCUT2D eigenvalue weighted by molar-refractivity contribution is -0.0436. The Kier molecular flexibility index (Phi) is 5.14. The second-order valence-corrected chi connectivity index (χ2v) is 8.58. The third kappa shape index (κ3) is 3.71. The average molecular weight is 413 g/mol. The summed E-state index contributed by atoms with van der Waals surface area (Å²) in [6.45, 7) is 4.26. The second-order valence-electron chi connectivity index (χ2n) is 6.64. The van der Waals surface area contributed by atoms with Crippen LogP contribution in [0.5, 0.6) is 5.75 Å². The summed E-state index contributed by atoms with van der Waals surface area (Å²) in [7, 11) is -5.44. The predicted octanol–water partition coefficient (Wildman–Crippen LogP) is 3.85. The van der Waals surface area contributed by atoms with Gasteiger partial charge in [0.05, 0.1) is 17.5 Å². The van der Waals surface area contributed by atoms with E-state index < -0.39 is 26.1 Å². The van der Waals surface area contributed by atoms with Gasteiger partial charge in [0.25, 0.3) is 15.7 Å². The monoisotopic (exact) mass is 413 g/mol. The van der Waals surface area contributed by atoms with Crippen LogP contribution in [0.3, 0.4) is 0 Å². The Hall–Kier alpha value is -2.55. The Labute approximate surface area is 160 Å². The van der Waals surface area contributed by atoms with E-state index in [1.54, 1.807) is 0 Å². The summed E-state index contributed by atoms with van der Waals surface area (Å²) < 4.78 is 66.4. The molecule has 28 heavy (non-hydrogen) atoms. The van der Waals surface area contributed by atoms with E-state index in [1.165, 1.54) is 0 Å². The number of amides is 1. The maximum atomic E-state index is 12.6. The maximum absolute atomic E-state index is 12.6. The summed E-state index contributed by atoms with van der Waals surface area (Å²) in [5.74, 6) is 0.210. The Balaban J connectivity index is 1.82. The van der Waals surface area contributed by atoms with Gasteiger partial charge in [-0.2, -0.15) is 13.2 Å². The van der Waals surface area contributed by atoms with E-state index in [0.717, 1.165) is 41.0 Å². The zero-order chi connectivity index (χ0) is 20.7. The van der Waals surface area contributed by atoms with Crippen LogP contribution in [0.4, 0.5) is 13.2 Å². The van der Waals surface area contributed by atoms with Crippen molar-refractivity contribution in [3.8, 4) is 5.75 Å². The number of carbonyl (C=O) groups is 1. The molecule has 1 N–H and O–H groups in total. The van der Waals surface area contributed by atoms with Crippen molar-refractivity contribution in [1.29, 1.82) is 0 Å². The Morgan fingerprint density at radius 2 is 1.79 bits per heavy atom. The van der Waals surface area contributed by atoms with Crippen LogP contribution in [-0.4, -0.2) is 26.4 Å². The minimum absolute atomic E-state index is 0.0681. The van der Waals surface area contributed by atoms with E-state index in [1.807, 2.05) is 26.0 Å². The van der Waals surface area contributed by atoms with Gasteiger partial charge in [0.15, 0.2) is 0 Å². The molecule has 0 radical (unpaired) electrons.